The van der Waals surface area contributed by atoms with Gasteiger partial charge in [-0.15, -0.1) is 0 Å². The summed E-state index contributed by atoms with van der Waals surface area (Å²) in [7, 11) is 0. The van der Waals surface area contributed by atoms with Gasteiger partial charge < -0.3 is 4.98 Å². The van der Waals surface area contributed by atoms with Crippen LogP contribution in [-0.2, 0) is 6.42 Å². The zero-order chi connectivity index (χ0) is 11.7. The Morgan fingerprint density at radius 2 is 1.94 bits per heavy atom. The number of rotatable bonds is 1. The van der Waals surface area contributed by atoms with E-state index in [9.17, 15) is 4.79 Å². The van der Waals surface area contributed by atoms with Crippen molar-refractivity contribution in [2.45, 2.75) is 12.8 Å². The van der Waals surface area contributed by atoms with Crippen molar-refractivity contribution in [1.29, 1.82) is 0 Å². The molecule has 0 fully saturated rings. The van der Waals surface area contributed by atoms with Crippen molar-refractivity contribution in [3.63, 3.8) is 0 Å². The lowest BCUT2D eigenvalue weighted by Gasteiger charge is -2.16. The molecule has 0 amide bonds. The van der Waals surface area contributed by atoms with Crippen LogP contribution >= 0.6 is 0 Å². The maximum Gasteiger partial charge on any atom is 0.189 e. The molecule has 0 unspecified atom stereocenters. The summed E-state index contributed by atoms with van der Waals surface area (Å²) in [5, 5.41) is 0. The van der Waals surface area contributed by atoms with Gasteiger partial charge in [-0.1, -0.05) is 24.3 Å². The molecule has 1 aliphatic rings. The standard InChI is InChI=1S/C15H13NO/c17-15-12(10-13-5-3-9-16-13)8-7-11-4-1-2-6-14(11)15/h1-6,9-10,16H,7-8H2/b12-10+. The fourth-order valence-electron chi connectivity index (χ4n) is 2.28. The van der Waals surface area contributed by atoms with E-state index >= 15 is 0 Å². The second kappa shape index (κ2) is 4.06. The largest absolute Gasteiger partial charge is 0.362 e. The van der Waals surface area contributed by atoms with Gasteiger partial charge in [0.25, 0.3) is 0 Å². The number of H-pyrrole nitrogens is 1. The molecular formula is C15H13NO. The number of aromatic amines is 1. The molecule has 3 rings (SSSR count). The average Bonchev–Trinajstić information content (AvgIpc) is 2.86. The smallest absolute Gasteiger partial charge is 0.189 e. The molecule has 17 heavy (non-hydrogen) atoms. The van der Waals surface area contributed by atoms with Crippen LogP contribution in [0.1, 0.15) is 28.0 Å². The van der Waals surface area contributed by atoms with Gasteiger partial charge in [-0.05, 0) is 36.6 Å². The van der Waals surface area contributed by atoms with Crippen LogP contribution in [-0.4, -0.2) is 10.8 Å². The Balaban J connectivity index is 2.00. The first-order chi connectivity index (χ1) is 8.34. The van der Waals surface area contributed by atoms with Gasteiger partial charge in [-0.2, -0.15) is 0 Å². The molecule has 0 saturated heterocycles. The summed E-state index contributed by atoms with van der Waals surface area (Å²) in [6.45, 7) is 0. The second-order valence-electron chi connectivity index (χ2n) is 4.28. The van der Waals surface area contributed by atoms with Crippen LogP contribution in [0, 0.1) is 0 Å². The Hall–Kier alpha value is -2.09. The monoisotopic (exact) mass is 223 g/mol. The van der Waals surface area contributed by atoms with E-state index in [1.807, 2.05) is 48.7 Å². The van der Waals surface area contributed by atoms with Gasteiger partial charge in [0.15, 0.2) is 5.78 Å². The predicted octanol–water partition coefficient (Wildman–Crippen LogP) is 3.23. The minimum absolute atomic E-state index is 0.168. The molecule has 1 heterocycles. The highest BCUT2D eigenvalue weighted by atomic mass is 16.1. The van der Waals surface area contributed by atoms with Gasteiger partial charge in [-0.25, -0.2) is 0 Å². The third-order valence-electron chi connectivity index (χ3n) is 3.17. The first-order valence-corrected chi connectivity index (χ1v) is 5.81. The van der Waals surface area contributed by atoms with E-state index in [1.165, 1.54) is 5.56 Å². The molecule has 84 valence electrons. The molecule has 1 aromatic heterocycles. The van der Waals surface area contributed by atoms with Gasteiger partial charge in [-0.3, -0.25) is 4.79 Å². The van der Waals surface area contributed by atoms with E-state index in [4.69, 9.17) is 0 Å². The van der Waals surface area contributed by atoms with Gasteiger partial charge >= 0.3 is 0 Å². The molecule has 1 aromatic carbocycles. The van der Waals surface area contributed by atoms with Crippen LogP contribution in [0.25, 0.3) is 6.08 Å². The number of allylic oxidation sites excluding steroid dienone is 1. The highest BCUT2D eigenvalue weighted by molar-refractivity contribution is 6.13. The lowest BCUT2D eigenvalue weighted by atomic mass is 9.86. The second-order valence-corrected chi connectivity index (χ2v) is 4.28. The summed E-state index contributed by atoms with van der Waals surface area (Å²) >= 11 is 0. The Bertz CT molecular complexity index is 579. The van der Waals surface area contributed by atoms with Gasteiger partial charge in [0, 0.05) is 23.0 Å². The minimum atomic E-state index is 0.168. The van der Waals surface area contributed by atoms with Crippen molar-refractivity contribution in [2.24, 2.45) is 0 Å². The number of aromatic nitrogens is 1. The molecule has 1 N–H and O–H groups in total. The number of hydrogen-bond acceptors (Lipinski definition) is 1. The van der Waals surface area contributed by atoms with Crippen molar-refractivity contribution in [2.75, 3.05) is 0 Å². The SMILES string of the molecule is O=C1/C(=C/c2ccc[nH]2)CCc2ccccc21. The van der Waals surface area contributed by atoms with Crippen LogP contribution in [0.3, 0.4) is 0 Å². The topological polar surface area (TPSA) is 32.9 Å². The Morgan fingerprint density at radius 3 is 2.76 bits per heavy atom. The van der Waals surface area contributed by atoms with Crippen molar-refractivity contribution >= 4 is 11.9 Å². The maximum atomic E-state index is 12.3. The number of benzene rings is 1. The zero-order valence-electron chi connectivity index (χ0n) is 9.44. The Kier molecular flexibility index (Phi) is 2.41. The number of Topliss-reactive ketones (excluding diaryl/α,β-unsaturated/α-hetero) is 1. The van der Waals surface area contributed by atoms with Crippen molar-refractivity contribution < 1.29 is 4.79 Å². The fourth-order valence-corrected chi connectivity index (χ4v) is 2.28. The molecular weight excluding hydrogens is 210 g/mol. The van der Waals surface area contributed by atoms with E-state index in [-0.39, 0.29) is 5.78 Å². The molecule has 2 nitrogen and oxygen atoms in total. The van der Waals surface area contributed by atoms with Gasteiger partial charge in [0.2, 0.25) is 0 Å². The number of fused-ring (bicyclic) bond motifs is 1. The lowest BCUT2D eigenvalue weighted by molar-refractivity contribution is 0.102. The third kappa shape index (κ3) is 1.82. The highest BCUT2D eigenvalue weighted by Crippen LogP contribution is 2.26. The van der Waals surface area contributed by atoms with E-state index in [0.717, 1.165) is 29.7 Å². The van der Waals surface area contributed by atoms with Gasteiger partial charge in [0.05, 0.1) is 0 Å². The van der Waals surface area contributed by atoms with Crippen LogP contribution in [0.2, 0.25) is 0 Å². The van der Waals surface area contributed by atoms with Crippen LogP contribution in [0.15, 0.2) is 48.2 Å². The van der Waals surface area contributed by atoms with Crippen molar-refractivity contribution in [1.82, 2.24) is 4.98 Å². The predicted molar refractivity (Wildman–Crippen MR) is 67.9 cm³/mol. The first kappa shape index (κ1) is 10.1. The number of aryl methyl sites for hydroxylation is 1. The molecule has 0 radical (unpaired) electrons. The molecule has 0 aliphatic heterocycles. The number of carbonyl (C=O) groups is 1. The summed E-state index contributed by atoms with van der Waals surface area (Å²) in [5.41, 5.74) is 3.91. The fraction of sp³-hybridized carbons (Fsp3) is 0.133. The average molecular weight is 223 g/mol. The molecule has 0 saturated carbocycles. The molecule has 0 atom stereocenters. The maximum absolute atomic E-state index is 12.3. The third-order valence-corrected chi connectivity index (χ3v) is 3.17. The molecule has 2 heteroatoms. The van der Waals surface area contributed by atoms with Crippen LogP contribution < -0.4 is 0 Å². The minimum Gasteiger partial charge on any atom is -0.362 e. The summed E-state index contributed by atoms with van der Waals surface area (Å²) in [5.74, 6) is 0.168. The Morgan fingerprint density at radius 1 is 1.06 bits per heavy atom. The zero-order valence-corrected chi connectivity index (χ0v) is 9.44. The molecule has 0 bridgehead atoms. The lowest BCUT2D eigenvalue weighted by Crippen LogP contribution is -2.13. The van der Waals surface area contributed by atoms with Crippen molar-refractivity contribution in [3.05, 3.63) is 65.0 Å². The number of ketones is 1. The van der Waals surface area contributed by atoms with E-state index < -0.39 is 0 Å². The normalized spacial score (nSPS) is 17.2. The van der Waals surface area contributed by atoms with Gasteiger partial charge in [0.1, 0.15) is 0 Å². The summed E-state index contributed by atoms with van der Waals surface area (Å²) in [6.07, 6.45) is 5.61. The van der Waals surface area contributed by atoms with E-state index in [1.54, 1.807) is 0 Å². The summed E-state index contributed by atoms with van der Waals surface area (Å²) in [6, 6.07) is 11.8. The van der Waals surface area contributed by atoms with E-state index in [2.05, 4.69) is 4.98 Å². The number of hydrogen-bond donors (Lipinski definition) is 1. The highest BCUT2D eigenvalue weighted by Gasteiger charge is 2.20. The first-order valence-electron chi connectivity index (χ1n) is 5.81. The number of carbonyl (C=O) groups excluding carboxylic acids is 1. The molecule has 2 aromatic rings. The molecule has 0 spiro atoms. The van der Waals surface area contributed by atoms with Crippen LogP contribution in [0.5, 0.6) is 0 Å². The summed E-state index contributed by atoms with van der Waals surface area (Å²) < 4.78 is 0. The molecule has 1 aliphatic carbocycles. The van der Waals surface area contributed by atoms with E-state index in [0.29, 0.717) is 0 Å². The quantitative estimate of drug-likeness (QED) is 0.740. The Labute approximate surface area is 100.0 Å². The van der Waals surface area contributed by atoms with Crippen LogP contribution in [0.4, 0.5) is 0 Å². The van der Waals surface area contributed by atoms with Crippen molar-refractivity contribution in [3.8, 4) is 0 Å². The number of nitrogens with one attached hydrogen (secondary N) is 1. The summed E-state index contributed by atoms with van der Waals surface area (Å²) in [4.78, 5) is 15.4.